The molecule has 3 aromatic carbocycles. The molecule has 1 fully saturated rings. The molecule has 1 amide bonds. The quantitative estimate of drug-likeness (QED) is 0.258. The number of amides is 1. The smallest absolute Gasteiger partial charge is 0.475 e. The molecule has 0 heterocycles. The lowest BCUT2D eigenvalue weighted by Gasteiger charge is -2.40. The number of anilines is 2. The van der Waals surface area contributed by atoms with Gasteiger partial charge in [0.15, 0.2) is 11.6 Å². The highest BCUT2D eigenvalue weighted by molar-refractivity contribution is 6.30. The van der Waals surface area contributed by atoms with Crippen LogP contribution in [0.15, 0.2) is 72.8 Å². The highest BCUT2D eigenvalue weighted by Crippen LogP contribution is 2.40. The van der Waals surface area contributed by atoms with Crippen molar-refractivity contribution >= 4 is 34.8 Å². The number of hydrogen-bond donors (Lipinski definition) is 3. The SMILES string of the molecule is CC(C)[C@@H](N)C(=O)NC1CCC(N(c2ccccc2)c2cccc3c2C(=O)c2ccccc2C3=O)CC1.O=C(O)C(F)(F)F. The number of nitrogens with zero attached hydrogens (tertiary/aromatic N) is 1. The summed E-state index contributed by atoms with van der Waals surface area (Å²) in [7, 11) is 0. The van der Waals surface area contributed by atoms with E-state index in [0.29, 0.717) is 22.3 Å². The first-order chi connectivity index (χ1) is 20.8. The van der Waals surface area contributed by atoms with E-state index in [1.165, 1.54) is 0 Å². The number of nitrogens with one attached hydrogen (secondary N) is 1. The molecule has 44 heavy (non-hydrogen) atoms. The summed E-state index contributed by atoms with van der Waals surface area (Å²) in [6.07, 6.45) is -1.79. The van der Waals surface area contributed by atoms with Crippen molar-refractivity contribution in [1.29, 1.82) is 0 Å². The lowest BCUT2D eigenvalue weighted by Crippen LogP contribution is -2.50. The van der Waals surface area contributed by atoms with E-state index in [-0.39, 0.29) is 35.5 Å². The van der Waals surface area contributed by atoms with Crippen LogP contribution in [0.2, 0.25) is 0 Å². The first-order valence-electron chi connectivity index (χ1n) is 14.3. The Balaban J connectivity index is 0.000000566. The Hall–Kier alpha value is -4.51. The second-order valence-electron chi connectivity index (χ2n) is 11.2. The average molecular weight is 610 g/mol. The van der Waals surface area contributed by atoms with Crippen molar-refractivity contribution < 1.29 is 37.5 Å². The lowest BCUT2D eigenvalue weighted by atomic mass is 9.82. The third-order valence-electron chi connectivity index (χ3n) is 7.90. The van der Waals surface area contributed by atoms with Crippen LogP contribution in [0.1, 0.15) is 71.4 Å². The van der Waals surface area contributed by atoms with Gasteiger partial charge in [0.05, 0.1) is 17.3 Å². The molecule has 0 radical (unpaired) electrons. The van der Waals surface area contributed by atoms with Gasteiger partial charge in [0, 0.05) is 34.5 Å². The maximum atomic E-state index is 13.7. The summed E-state index contributed by atoms with van der Waals surface area (Å²) >= 11 is 0. The van der Waals surface area contributed by atoms with Crippen LogP contribution in [0, 0.1) is 5.92 Å². The van der Waals surface area contributed by atoms with Crippen molar-refractivity contribution in [2.24, 2.45) is 11.7 Å². The van der Waals surface area contributed by atoms with Crippen molar-refractivity contribution in [3.05, 3.63) is 95.1 Å². The van der Waals surface area contributed by atoms with Crippen LogP contribution in [0.4, 0.5) is 24.5 Å². The summed E-state index contributed by atoms with van der Waals surface area (Å²) in [5, 5.41) is 10.3. The Labute approximate surface area is 253 Å². The van der Waals surface area contributed by atoms with Crippen LogP contribution in [-0.2, 0) is 9.59 Å². The molecule has 3 aromatic rings. The Bertz CT molecular complexity index is 1530. The third kappa shape index (κ3) is 6.99. The van der Waals surface area contributed by atoms with Crippen LogP contribution in [0.3, 0.4) is 0 Å². The number of carboxylic acids is 1. The number of ketones is 2. The van der Waals surface area contributed by atoms with Gasteiger partial charge in [-0.2, -0.15) is 13.2 Å². The number of para-hydroxylation sites is 1. The average Bonchev–Trinajstić information content (AvgIpc) is 3.00. The largest absolute Gasteiger partial charge is 0.490 e. The molecule has 232 valence electrons. The fourth-order valence-electron chi connectivity index (χ4n) is 5.54. The highest BCUT2D eigenvalue weighted by atomic mass is 19.4. The molecule has 0 unspecified atom stereocenters. The van der Waals surface area contributed by atoms with E-state index in [4.69, 9.17) is 15.6 Å². The zero-order valence-corrected chi connectivity index (χ0v) is 24.3. The molecule has 2 aliphatic rings. The molecule has 0 saturated heterocycles. The molecule has 4 N–H and O–H groups in total. The summed E-state index contributed by atoms with van der Waals surface area (Å²) in [6, 6.07) is 22.3. The van der Waals surface area contributed by atoms with Crippen LogP contribution >= 0.6 is 0 Å². The van der Waals surface area contributed by atoms with E-state index in [1.54, 1.807) is 30.3 Å². The van der Waals surface area contributed by atoms with Gasteiger partial charge in [0.25, 0.3) is 0 Å². The molecule has 11 heteroatoms. The number of carbonyl (C=O) groups excluding carboxylic acids is 3. The van der Waals surface area contributed by atoms with E-state index in [9.17, 15) is 27.6 Å². The maximum absolute atomic E-state index is 13.7. The number of carboxylic acid groups (broad SMARTS) is 1. The van der Waals surface area contributed by atoms with Gasteiger partial charge in [-0.15, -0.1) is 0 Å². The van der Waals surface area contributed by atoms with Crippen LogP contribution in [0.5, 0.6) is 0 Å². The van der Waals surface area contributed by atoms with E-state index >= 15 is 0 Å². The van der Waals surface area contributed by atoms with Gasteiger partial charge in [0.2, 0.25) is 5.91 Å². The van der Waals surface area contributed by atoms with Gasteiger partial charge in [-0.25, -0.2) is 4.79 Å². The van der Waals surface area contributed by atoms with Gasteiger partial charge in [0.1, 0.15) is 0 Å². The topological polar surface area (TPSA) is 130 Å². The lowest BCUT2D eigenvalue weighted by molar-refractivity contribution is -0.192. The van der Waals surface area contributed by atoms with Crippen LogP contribution in [0.25, 0.3) is 0 Å². The normalized spacial score (nSPS) is 18.3. The van der Waals surface area contributed by atoms with Crippen LogP contribution in [-0.4, -0.2) is 52.9 Å². The van der Waals surface area contributed by atoms with Crippen LogP contribution < -0.4 is 16.0 Å². The molecular formula is C33H34F3N3O5. The first-order valence-corrected chi connectivity index (χ1v) is 14.3. The van der Waals surface area contributed by atoms with E-state index < -0.39 is 18.2 Å². The number of hydrogen-bond acceptors (Lipinski definition) is 6. The summed E-state index contributed by atoms with van der Waals surface area (Å²) in [5.41, 5.74) is 9.61. The van der Waals surface area contributed by atoms with Crippen molar-refractivity contribution in [3.8, 4) is 0 Å². The number of halogens is 3. The molecule has 0 aliphatic heterocycles. The van der Waals surface area contributed by atoms with Crippen molar-refractivity contribution in [2.75, 3.05) is 4.90 Å². The minimum absolute atomic E-state index is 0.0750. The zero-order chi connectivity index (χ0) is 32.2. The maximum Gasteiger partial charge on any atom is 0.490 e. The second kappa shape index (κ2) is 13.4. The molecule has 1 atom stereocenters. The predicted molar refractivity (Wildman–Crippen MR) is 159 cm³/mol. The Morgan fingerprint density at radius 2 is 1.36 bits per heavy atom. The fraction of sp³-hybridized carbons (Fsp3) is 0.333. The Morgan fingerprint density at radius 3 is 1.91 bits per heavy atom. The zero-order valence-electron chi connectivity index (χ0n) is 24.3. The van der Waals surface area contributed by atoms with Gasteiger partial charge in [-0.1, -0.05) is 68.4 Å². The van der Waals surface area contributed by atoms with E-state index in [2.05, 4.69) is 10.2 Å². The monoisotopic (exact) mass is 609 g/mol. The number of nitrogens with two attached hydrogens (primary N) is 1. The Morgan fingerprint density at radius 1 is 0.841 bits per heavy atom. The summed E-state index contributed by atoms with van der Waals surface area (Å²) in [4.78, 5) is 50.8. The predicted octanol–water partition coefficient (Wildman–Crippen LogP) is 5.64. The van der Waals surface area contributed by atoms with Gasteiger partial charge < -0.3 is 21.1 Å². The third-order valence-corrected chi connectivity index (χ3v) is 7.90. The minimum Gasteiger partial charge on any atom is -0.475 e. The minimum atomic E-state index is -5.08. The standard InChI is InChI=1S/C31H33N3O3.C2HF3O2/c1-19(2)28(32)31(37)33-20-15-17-22(18-16-20)34(21-9-4-3-5-10-21)26-14-8-13-25-27(26)30(36)24-12-7-6-11-23(24)29(25)35;3-2(4,5)1(6)7/h3-14,19-20,22,28H,15-18,32H2,1-2H3,(H,33,37);(H,6,7)/t20?,22?,28-;/m1./s1. The number of alkyl halides is 3. The van der Waals surface area contributed by atoms with E-state index in [1.807, 2.05) is 56.3 Å². The molecule has 5 rings (SSSR count). The molecule has 0 spiro atoms. The number of aliphatic carboxylic acids is 1. The second-order valence-corrected chi connectivity index (χ2v) is 11.2. The van der Waals surface area contributed by atoms with Crippen molar-refractivity contribution in [2.45, 2.75) is 63.8 Å². The molecule has 0 bridgehead atoms. The van der Waals surface area contributed by atoms with Gasteiger partial charge in [-0.05, 0) is 49.8 Å². The number of benzene rings is 3. The van der Waals surface area contributed by atoms with Gasteiger partial charge >= 0.3 is 12.1 Å². The number of carbonyl (C=O) groups is 4. The van der Waals surface area contributed by atoms with E-state index in [0.717, 1.165) is 37.1 Å². The molecular weight excluding hydrogens is 575 g/mol. The Kier molecular flexibility index (Phi) is 9.88. The molecule has 2 aliphatic carbocycles. The number of fused-ring (bicyclic) bond motifs is 2. The fourth-order valence-corrected chi connectivity index (χ4v) is 5.54. The summed E-state index contributed by atoms with van der Waals surface area (Å²) in [6.45, 7) is 3.90. The summed E-state index contributed by atoms with van der Waals surface area (Å²) < 4.78 is 31.7. The highest BCUT2D eigenvalue weighted by Gasteiger charge is 2.38. The first kappa shape index (κ1) is 32.4. The molecule has 0 aromatic heterocycles. The van der Waals surface area contributed by atoms with Crippen molar-refractivity contribution in [3.63, 3.8) is 0 Å². The van der Waals surface area contributed by atoms with Crippen molar-refractivity contribution in [1.82, 2.24) is 5.32 Å². The molecule has 1 saturated carbocycles. The number of rotatable bonds is 6. The summed E-state index contributed by atoms with van der Waals surface area (Å²) in [5.74, 6) is -3.01. The van der Waals surface area contributed by atoms with Gasteiger partial charge in [-0.3, -0.25) is 14.4 Å². The molecule has 8 nitrogen and oxygen atoms in total.